The van der Waals surface area contributed by atoms with Crippen molar-refractivity contribution < 1.29 is 0 Å². The Bertz CT molecular complexity index is 287. The molecule has 0 saturated heterocycles. The number of hydrogen-bond acceptors (Lipinski definition) is 2. The molecule has 0 amide bonds. The Hall–Kier alpha value is -0.470. The molecule has 1 aromatic rings. The molecule has 2 N–H and O–H groups in total. The summed E-state index contributed by atoms with van der Waals surface area (Å²) in [4.78, 5) is 0. The van der Waals surface area contributed by atoms with Crippen molar-refractivity contribution in [1.82, 2.24) is 0 Å². The Morgan fingerprint density at radius 1 is 1.23 bits per heavy atom. The van der Waals surface area contributed by atoms with Crippen LogP contribution in [0.5, 0.6) is 0 Å². The van der Waals surface area contributed by atoms with Crippen LogP contribution in [0, 0.1) is 0 Å². The third-order valence-corrected chi connectivity index (χ3v) is 3.56. The van der Waals surface area contributed by atoms with Crippen molar-refractivity contribution in [2.24, 2.45) is 5.73 Å². The first-order chi connectivity index (χ1) is 6.30. The normalized spacial score (nSPS) is 18.6. The van der Waals surface area contributed by atoms with Crippen LogP contribution < -0.4 is 5.73 Å². The summed E-state index contributed by atoms with van der Waals surface area (Å²) in [6.07, 6.45) is 2.58. The van der Waals surface area contributed by atoms with Crippen molar-refractivity contribution >= 4 is 12.6 Å². The van der Waals surface area contributed by atoms with Crippen LogP contribution in [0.3, 0.4) is 0 Å². The second kappa shape index (κ2) is 3.35. The fourth-order valence-corrected chi connectivity index (χ4v) is 2.18. The van der Waals surface area contributed by atoms with E-state index in [2.05, 4.69) is 36.9 Å². The second-order valence-electron chi connectivity index (χ2n) is 3.84. The molecule has 0 bridgehead atoms. The molecule has 2 heteroatoms. The lowest BCUT2D eigenvalue weighted by atomic mass is 9.97. The molecule has 0 radical (unpaired) electrons. The van der Waals surface area contributed by atoms with Crippen LogP contribution in [-0.4, -0.2) is 5.75 Å². The summed E-state index contributed by atoms with van der Waals surface area (Å²) in [5.41, 5.74) is 8.58. The van der Waals surface area contributed by atoms with Gasteiger partial charge in [-0.15, -0.1) is 0 Å². The van der Waals surface area contributed by atoms with Gasteiger partial charge in [0.05, 0.1) is 0 Å². The molecule has 1 aliphatic rings. The molecule has 1 fully saturated rings. The quantitative estimate of drug-likeness (QED) is 0.706. The Kier molecular flexibility index (Phi) is 2.35. The molecule has 1 aliphatic carbocycles. The molecular formula is C11H15NS. The molecule has 0 aromatic heterocycles. The van der Waals surface area contributed by atoms with E-state index in [9.17, 15) is 0 Å². The Morgan fingerprint density at radius 3 is 2.23 bits per heavy atom. The summed E-state index contributed by atoms with van der Waals surface area (Å²) in [6.45, 7) is 0.633. The number of nitrogens with two attached hydrogens (primary N) is 1. The highest BCUT2D eigenvalue weighted by molar-refractivity contribution is 7.80. The molecule has 1 nitrogen and oxygen atoms in total. The third-order valence-electron chi connectivity index (χ3n) is 2.96. The largest absolute Gasteiger partial charge is 0.326 e. The van der Waals surface area contributed by atoms with Crippen LogP contribution in [0.25, 0.3) is 0 Å². The summed E-state index contributed by atoms with van der Waals surface area (Å²) < 4.78 is 0. The number of benzene rings is 1. The van der Waals surface area contributed by atoms with E-state index in [-0.39, 0.29) is 0 Å². The molecule has 0 unspecified atom stereocenters. The van der Waals surface area contributed by atoms with Crippen molar-refractivity contribution in [2.45, 2.75) is 24.8 Å². The highest BCUT2D eigenvalue weighted by Crippen LogP contribution is 2.48. The lowest BCUT2D eigenvalue weighted by Crippen LogP contribution is -2.08. The van der Waals surface area contributed by atoms with E-state index >= 15 is 0 Å². The average Bonchev–Trinajstić information content (AvgIpc) is 2.99. The molecule has 0 aliphatic heterocycles. The van der Waals surface area contributed by atoms with Crippen molar-refractivity contribution in [3.63, 3.8) is 0 Å². The predicted molar refractivity (Wildman–Crippen MR) is 59.1 cm³/mol. The van der Waals surface area contributed by atoms with Crippen LogP contribution in [0.1, 0.15) is 24.0 Å². The van der Waals surface area contributed by atoms with Crippen molar-refractivity contribution in [2.75, 3.05) is 5.75 Å². The van der Waals surface area contributed by atoms with Gasteiger partial charge in [-0.3, -0.25) is 0 Å². The highest BCUT2D eigenvalue weighted by Gasteiger charge is 2.42. The van der Waals surface area contributed by atoms with E-state index in [0.29, 0.717) is 12.0 Å². The summed E-state index contributed by atoms with van der Waals surface area (Å²) in [6, 6.07) is 8.65. The molecular weight excluding hydrogens is 178 g/mol. The topological polar surface area (TPSA) is 26.0 Å². The monoisotopic (exact) mass is 193 g/mol. The molecule has 1 aromatic carbocycles. The summed E-state index contributed by atoms with van der Waals surface area (Å²) >= 11 is 4.40. The van der Waals surface area contributed by atoms with Gasteiger partial charge in [0, 0.05) is 12.0 Å². The lowest BCUT2D eigenvalue weighted by molar-refractivity contribution is 0.804. The zero-order valence-electron chi connectivity index (χ0n) is 7.66. The van der Waals surface area contributed by atoms with Gasteiger partial charge in [0.1, 0.15) is 0 Å². The van der Waals surface area contributed by atoms with Gasteiger partial charge in [-0.2, -0.15) is 12.6 Å². The van der Waals surface area contributed by atoms with Gasteiger partial charge < -0.3 is 5.73 Å². The van der Waals surface area contributed by atoms with E-state index in [1.54, 1.807) is 0 Å². The van der Waals surface area contributed by atoms with Gasteiger partial charge in [0.15, 0.2) is 0 Å². The van der Waals surface area contributed by atoms with Crippen LogP contribution in [0.4, 0.5) is 0 Å². The van der Waals surface area contributed by atoms with Gasteiger partial charge >= 0.3 is 0 Å². The maximum absolute atomic E-state index is 5.54. The first kappa shape index (κ1) is 9.10. The maximum atomic E-state index is 5.54. The Balaban J connectivity index is 2.23. The third kappa shape index (κ3) is 1.61. The summed E-state index contributed by atoms with van der Waals surface area (Å²) in [5.74, 6) is 0.967. The molecule has 0 atom stereocenters. The van der Waals surface area contributed by atoms with Gasteiger partial charge in [-0.05, 0) is 29.7 Å². The van der Waals surface area contributed by atoms with E-state index < -0.39 is 0 Å². The van der Waals surface area contributed by atoms with Crippen LogP contribution >= 0.6 is 12.6 Å². The van der Waals surface area contributed by atoms with Crippen LogP contribution in [0.2, 0.25) is 0 Å². The minimum atomic E-state index is 0.399. The Morgan fingerprint density at radius 2 is 1.85 bits per heavy atom. The fourth-order valence-electron chi connectivity index (χ4n) is 1.68. The van der Waals surface area contributed by atoms with E-state index in [1.165, 1.54) is 24.0 Å². The predicted octanol–water partition coefficient (Wildman–Crippen LogP) is 2.11. The first-order valence-electron chi connectivity index (χ1n) is 4.71. The Labute approximate surface area is 84.7 Å². The second-order valence-corrected chi connectivity index (χ2v) is 4.16. The fraction of sp³-hybridized carbons (Fsp3) is 0.455. The van der Waals surface area contributed by atoms with Crippen molar-refractivity contribution in [3.8, 4) is 0 Å². The van der Waals surface area contributed by atoms with E-state index in [4.69, 9.17) is 5.73 Å². The molecule has 1 saturated carbocycles. The summed E-state index contributed by atoms with van der Waals surface area (Å²) in [5, 5.41) is 0. The van der Waals surface area contributed by atoms with Crippen molar-refractivity contribution in [3.05, 3.63) is 35.4 Å². The van der Waals surface area contributed by atoms with Gasteiger partial charge in [-0.1, -0.05) is 24.3 Å². The minimum absolute atomic E-state index is 0.399. The summed E-state index contributed by atoms with van der Waals surface area (Å²) in [7, 11) is 0. The van der Waals surface area contributed by atoms with Gasteiger partial charge in [0.25, 0.3) is 0 Å². The van der Waals surface area contributed by atoms with Gasteiger partial charge in [-0.25, -0.2) is 0 Å². The first-order valence-corrected chi connectivity index (χ1v) is 5.34. The minimum Gasteiger partial charge on any atom is -0.326 e. The zero-order valence-corrected chi connectivity index (χ0v) is 8.56. The van der Waals surface area contributed by atoms with E-state index in [0.717, 1.165) is 5.75 Å². The highest BCUT2D eigenvalue weighted by atomic mass is 32.1. The van der Waals surface area contributed by atoms with Crippen molar-refractivity contribution in [1.29, 1.82) is 0 Å². The van der Waals surface area contributed by atoms with Gasteiger partial charge in [0.2, 0.25) is 0 Å². The maximum Gasteiger partial charge on any atom is 0.0178 e. The number of rotatable bonds is 3. The van der Waals surface area contributed by atoms with E-state index in [1.807, 2.05) is 0 Å². The molecule has 0 spiro atoms. The molecule has 70 valence electrons. The average molecular weight is 193 g/mol. The number of hydrogen-bond donors (Lipinski definition) is 2. The molecule has 2 rings (SSSR count). The molecule has 0 heterocycles. The lowest BCUT2D eigenvalue weighted by Gasteiger charge is -2.12. The zero-order chi connectivity index (χ0) is 9.31. The smallest absolute Gasteiger partial charge is 0.0178 e. The SMILES string of the molecule is NCc1ccc(C2(CS)CC2)cc1. The number of thiol groups is 1. The van der Waals surface area contributed by atoms with Crippen LogP contribution in [-0.2, 0) is 12.0 Å². The standard InChI is InChI=1S/C11H15NS/c12-7-9-1-3-10(4-2-9)11(8-13)5-6-11/h1-4,13H,5-8,12H2. The van der Waals surface area contributed by atoms with Crippen LogP contribution in [0.15, 0.2) is 24.3 Å². The molecule has 13 heavy (non-hydrogen) atoms.